The summed E-state index contributed by atoms with van der Waals surface area (Å²) in [7, 11) is 2.08. The number of hydrogen-bond acceptors (Lipinski definition) is 4. The van der Waals surface area contributed by atoms with E-state index in [4.69, 9.17) is 11.5 Å². The van der Waals surface area contributed by atoms with Crippen LogP contribution >= 0.6 is 0 Å². The van der Waals surface area contributed by atoms with Gasteiger partial charge in [-0.15, -0.1) is 0 Å². The summed E-state index contributed by atoms with van der Waals surface area (Å²) in [5, 5.41) is 1.12. The van der Waals surface area contributed by atoms with Crippen LogP contribution in [0.2, 0.25) is 0 Å². The number of hydrogen-bond donors (Lipinski definition) is 2. The second-order valence-corrected chi connectivity index (χ2v) is 7.93. The number of nitrogen functional groups attached to an aromatic ring is 2. The van der Waals surface area contributed by atoms with Crippen molar-refractivity contribution in [3.8, 4) is 0 Å². The van der Waals surface area contributed by atoms with Crippen molar-refractivity contribution in [2.75, 3.05) is 11.5 Å². The molecule has 0 fully saturated rings. The number of aryl methyl sites for hydroxylation is 1. The summed E-state index contributed by atoms with van der Waals surface area (Å²) < 4.78 is 2.20. The van der Waals surface area contributed by atoms with E-state index in [1.807, 2.05) is 18.5 Å². The standard InChI is InChI=1S/C20H27N5/c1-12(6-13-7-15(20(2,3)4)19(22)24-10-13)16-8-14-11-23-18(21)9-17(14)25(16)5/h7-12H,6H2,1-5H3,(H2,21,23)(H2,22,24). The van der Waals surface area contributed by atoms with Crippen LogP contribution in [0.25, 0.3) is 10.9 Å². The Labute approximate surface area is 149 Å². The van der Waals surface area contributed by atoms with Crippen LogP contribution in [0.5, 0.6) is 0 Å². The Morgan fingerprint density at radius 1 is 1.08 bits per heavy atom. The lowest BCUT2D eigenvalue weighted by atomic mass is 9.85. The lowest BCUT2D eigenvalue weighted by Gasteiger charge is -2.22. The Morgan fingerprint density at radius 3 is 2.48 bits per heavy atom. The average molecular weight is 337 g/mol. The van der Waals surface area contributed by atoms with E-state index in [0.717, 1.165) is 22.9 Å². The summed E-state index contributed by atoms with van der Waals surface area (Å²) >= 11 is 0. The van der Waals surface area contributed by atoms with Gasteiger partial charge < -0.3 is 16.0 Å². The van der Waals surface area contributed by atoms with E-state index in [1.54, 1.807) is 0 Å². The monoisotopic (exact) mass is 337 g/mol. The second kappa shape index (κ2) is 6.06. The van der Waals surface area contributed by atoms with Gasteiger partial charge in [-0.1, -0.05) is 33.8 Å². The molecule has 3 heterocycles. The zero-order chi connectivity index (χ0) is 18.4. The molecule has 5 nitrogen and oxygen atoms in total. The van der Waals surface area contributed by atoms with Crippen molar-refractivity contribution in [3.05, 3.63) is 47.4 Å². The van der Waals surface area contributed by atoms with Crippen molar-refractivity contribution in [2.45, 2.75) is 45.4 Å². The SMILES string of the molecule is CC(Cc1cnc(N)c(C(C)(C)C)c1)c1cc2cnc(N)cc2n1C. The maximum Gasteiger partial charge on any atom is 0.127 e. The zero-order valence-electron chi connectivity index (χ0n) is 15.7. The summed E-state index contributed by atoms with van der Waals surface area (Å²) in [6, 6.07) is 6.32. The van der Waals surface area contributed by atoms with Gasteiger partial charge in [0.15, 0.2) is 0 Å². The molecule has 1 unspecified atom stereocenters. The van der Waals surface area contributed by atoms with Crippen LogP contribution in [0.4, 0.5) is 11.6 Å². The molecule has 3 rings (SSSR count). The third kappa shape index (κ3) is 3.31. The van der Waals surface area contributed by atoms with Gasteiger partial charge >= 0.3 is 0 Å². The van der Waals surface area contributed by atoms with Crippen LogP contribution < -0.4 is 11.5 Å². The van der Waals surface area contributed by atoms with Crippen LogP contribution in [-0.2, 0) is 18.9 Å². The molecule has 0 aromatic carbocycles. The normalized spacial score (nSPS) is 13.3. The van der Waals surface area contributed by atoms with Gasteiger partial charge in [0.05, 0.1) is 5.52 Å². The van der Waals surface area contributed by atoms with Crippen molar-refractivity contribution in [1.29, 1.82) is 0 Å². The van der Waals surface area contributed by atoms with E-state index in [2.05, 4.69) is 61.4 Å². The summed E-state index contributed by atoms with van der Waals surface area (Å²) in [4.78, 5) is 8.61. The van der Waals surface area contributed by atoms with Crippen molar-refractivity contribution >= 4 is 22.5 Å². The number of fused-ring (bicyclic) bond motifs is 1. The summed E-state index contributed by atoms with van der Waals surface area (Å²) in [6.07, 6.45) is 4.63. The molecule has 0 aliphatic carbocycles. The van der Waals surface area contributed by atoms with Gasteiger partial charge in [-0.25, -0.2) is 9.97 Å². The van der Waals surface area contributed by atoms with Gasteiger partial charge in [0.1, 0.15) is 11.6 Å². The third-order valence-electron chi connectivity index (χ3n) is 4.82. The Morgan fingerprint density at radius 2 is 1.80 bits per heavy atom. The van der Waals surface area contributed by atoms with Crippen molar-refractivity contribution in [1.82, 2.24) is 14.5 Å². The number of nitrogens with two attached hydrogens (primary N) is 2. The van der Waals surface area contributed by atoms with Crippen LogP contribution in [0.1, 0.15) is 50.4 Å². The Kier molecular flexibility index (Phi) is 4.19. The van der Waals surface area contributed by atoms with E-state index in [1.165, 1.54) is 11.3 Å². The van der Waals surface area contributed by atoms with Crippen LogP contribution in [0.3, 0.4) is 0 Å². The Balaban J connectivity index is 1.93. The molecule has 3 aromatic rings. The van der Waals surface area contributed by atoms with Gasteiger partial charge in [-0.3, -0.25) is 0 Å². The number of aromatic nitrogens is 3. The molecule has 1 atom stereocenters. The highest BCUT2D eigenvalue weighted by Gasteiger charge is 2.20. The van der Waals surface area contributed by atoms with Crippen molar-refractivity contribution < 1.29 is 0 Å². The van der Waals surface area contributed by atoms with Crippen LogP contribution in [-0.4, -0.2) is 14.5 Å². The van der Waals surface area contributed by atoms with Crippen LogP contribution in [0.15, 0.2) is 30.6 Å². The van der Waals surface area contributed by atoms with Gasteiger partial charge in [-0.2, -0.15) is 0 Å². The van der Waals surface area contributed by atoms with E-state index in [-0.39, 0.29) is 5.41 Å². The predicted molar refractivity (Wildman–Crippen MR) is 105 cm³/mol. The predicted octanol–water partition coefficient (Wildman–Crippen LogP) is 3.78. The Bertz CT molecular complexity index is 918. The van der Waals surface area contributed by atoms with E-state index in [9.17, 15) is 0 Å². The Hall–Kier alpha value is -2.56. The molecule has 0 bridgehead atoms. The number of pyridine rings is 2. The number of rotatable bonds is 3. The molecule has 0 radical (unpaired) electrons. The molecule has 0 amide bonds. The van der Waals surface area contributed by atoms with Crippen LogP contribution in [0, 0.1) is 0 Å². The molecular formula is C20H27N5. The molecule has 5 heteroatoms. The summed E-state index contributed by atoms with van der Waals surface area (Å²) in [5.41, 5.74) is 16.6. The van der Waals surface area contributed by atoms with E-state index in [0.29, 0.717) is 17.6 Å². The minimum Gasteiger partial charge on any atom is -0.384 e. The fourth-order valence-corrected chi connectivity index (χ4v) is 3.43. The highest BCUT2D eigenvalue weighted by molar-refractivity contribution is 5.82. The maximum absolute atomic E-state index is 6.07. The molecule has 132 valence electrons. The molecule has 25 heavy (non-hydrogen) atoms. The summed E-state index contributed by atoms with van der Waals surface area (Å²) in [5.74, 6) is 1.51. The second-order valence-electron chi connectivity index (χ2n) is 7.93. The van der Waals surface area contributed by atoms with Gasteiger partial charge in [0.2, 0.25) is 0 Å². The minimum atomic E-state index is -0.0147. The number of anilines is 2. The first kappa shape index (κ1) is 17.3. The molecular weight excluding hydrogens is 310 g/mol. The first-order valence-corrected chi connectivity index (χ1v) is 8.62. The zero-order valence-corrected chi connectivity index (χ0v) is 15.7. The third-order valence-corrected chi connectivity index (χ3v) is 4.82. The van der Waals surface area contributed by atoms with E-state index >= 15 is 0 Å². The maximum atomic E-state index is 6.07. The molecule has 0 saturated carbocycles. The number of nitrogens with zero attached hydrogens (tertiary/aromatic N) is 3. The molecule has 3 aromatic heterocycles. The quantitative estimate of drug-likeness (QED) is 0.762. The molecule has 4 N–H and O–H groups in total. The highest BCUT2D eigenvalue weighted by Crippen LogP contribution is 2.30. The smallest absolute Gasteiger partial charge is 0.127 e. The molecule has 0 saturated heterocycles. The average Bonchev–Trinajstić information content (AvgIpc) is 2.85. The lowest BCUT2D eigenvalue weighted by molar-refractivity contribution is 0.587. The minimum absolute atomic E-state index is 0.0147. The van der Waals surface area contributed by atoms with Crippen molar-refractivity contribution in [3.63, 3.8) is 0 Å². The fourth-order valence-electron chi connectivity index (χ4n) is 3.43. The highest BCUT2D eigenvalue weighted by atomic mass is 15.0. The van der Waals surface area contributed by atoms with Gasteiger partial charge in [0.25, 0.3) is 0 Å². The van der Waals surface area contributed by atoms with E-state index < -0.39 is 0 Å². The summed E-state index contributed by atoms with van der Waals surface area (Å²) in [6.45, 7) is 8.72. The first-order chi connectivity index (χ1) is 11.7. The topological polar surface area (TPSA) is 82.8 Å². The lowest BCUT2D eigenvalue weighted by Crippen LogP contribution is -2.16. The molecule has 0 spiro atoms. The van der Waals surface area contributed by atoms with Crippen molar-refractivity contribution in [2.24, 2.45) is 7.05 Å². The largest absolute Gasteiger partial charge is 0.384 e. The van der Waals surface area contributed by atoms with Gasteiger partial charge in [0, 0.05) is 42.5 Å². The first-order valence-electron chi connectivity index (χ1n) is 8.62. The van der Waals surface area contributed by atoms with Gasteiger partial charge in [-0.05, 0) is 29.0 Å². The fraction of sp³-hybridized carbons (Fsp3) is 0.400. The molecule has 0 aliphatic heterocycles. The molecule has 0 aliphatic rings.